The van der Waals surface area contributed by atoms with Gasteiger partial charge in [-0.3, -0.25) is 4.90 Å². The molecule has 0 aliphatic rings. The Labute approximate surface area is 156 Å². The van der Waals surface area contributed by atoms with Crippen LogP contribution in [0.25, 0.3) is 0 Å². The molecule has 0 amide bonds. The van der Waals surface area contributed by atoms with Gasteiger partial charge >= 0.3 is 0 Å². The summed E-state index contributed by atoms with van der Waals surface area (Å²) in [5, 5.41) is 12.0. The average molecular weight is 345 g/mol. The summed E-state index contributed by atoms with van der Waals surface area (Å²) in [6.45, 7) is 7.14. The second-order valence-corrected chi connectivity index (χ2v) is 6.56. The van der Waals surface area contributed by atoms with Gasteiger partial charge in [-0.15, -0.1) is 0 Å². The van der Waals surface area contributed by atoms with E-state index in [4.69, 9.17) is 0 Å². The zero-order valence-corrected chi connectivity index (χ0v) is 15.6. The quantitative estimate of drug-likeness (QED) is 0.621. The van der Waals surface area contributed by atoms with Crippen LogP contribution < -0.4 is 0 Å². The van der Waals surface area contributed by atoms with Gasteiger partial charge in [0.1, 0.15) is 5.60 Å². The maximum absolute atomic E-state index is 12.0. The van der Waals surface area contributed by atoms with E-state index in [-0.39, 0.29) is 0 Å². The Morgan fingerprint density at radius 3 is 1.65 bits per heavy atom. The number of nitrogens with zero attached hydrogens (tertiary/aromatic N) is 1. The summed E-state index contributed by atoms with van der Waals surface area (Å²) in [6, 6.07) is 28.1. The Hall–Kier alpha value is -2.42. The van der Waals surface area contributed by atoms with E-state index in [9.17, 15) is 5.11 Å². The molecule has 1 N–H and O–H groups in total. The summed E-state index contributed by atoms with van der Waals surface area (Å²) in [5.74, 6) is 0. The number of hydrogen-bond donors (Lipinski definition) is 1. The van der Waals surface area contributed by atoms with E-state index in [1.54, 1.807) is 0 Å². The van der Waals surface area contributed by atoms with Gasteiger partial charge in [-0.2, -0.15) is 0 Å². The van der Waals surface area contributed by atoms with E-state index in [0.717, 1.165) is 41.9 Å². The molecule has 0 radical (unpaired) electrons. The lowest BCUT2D eigenvalue weighted by Gasteiger charge is -2.33. The first-order valence-electron chi connectivity index (χ1n) is 9.34. The monoisotopic (exact) mass is 345 g/mol. The summed E-state index contributed by atoms with van der Waals surface area (Å²) < 4.78 is 0. The van der Waals surface area contributed by atoms with Crippen molar-refractivity contribution in [3.63, 3.8) is 0 Å². The first kappa shape index (κ1) is 18.4. The van der Waals surface area contributed by atoms with Crippen molar-refractivity contribution in [1.29, 1.82) is 0 Å². The molecule has 26 heavy (non-hydrogen) atoms. The zero-order chi connectivity index (χ0) is 18.4. The molecule has 0 bridgehead atoms. The fourth-order valence-corrected chi connectivity index (χ4v) is 3.54. The van der Waals surface area contributed by atoms with E-state index < -0.39 is 5.60 Å². The standard InChI is InChI=1S/C24H27NO/c1-3-25(4-2)19-20-13-11-12-18-23(20)24(26,21-14-7-5-8-15-21)22-16-9-6-10-17-22/h5-18,26H,3-4,19H2,1-2H3. The Balaban J connectivity index is 2.18. The predicted octanol–water partition coefficient (Wildman–Crippen LogP) is 4.81. The SMILES string of the molecule is CCN(CC)Cc1ccccc1C(O)(c1ccccc1)c1ccccc1. The normalized spacial score (nSPS) is 11.7. The van der Waals surface area contributed by atoms with Gasteiger partial charge in [0.25, 0.3) is 0 Å². The Morgan fingerprint density at radius 1 is 0.692 bits per heavy atom. The molecule has 0 saturated carbocycles. The van der Waals surface area contributed by atoms with Crippen molar-refractivity contribution in [2.45, 2.75) is 26.0 Å². The van der Waals surface area contributed by atoms with Crippen LogP contribution >= 0.6 is 0 Å². The second kappa shape index (κ2) is 8.31. The number of aliphatic hydroxyl groups is 1. The highest BCUT2D eigenvalue weighted by Gasteiger charge is 2.35. The van der Waals surface area contributed by atoms with E-state index >= 15 is 0 Å². The first-order chi connectivity index (χ1) is 12.7. The van der Waals surface area contributed by atoms with Gasteiger partial charge in [-0.1, -0.05) is 98.8 Å². The van der Waals surface area contributed by atoms with Crippen molar-refractivity contribution in [3.8, 4) is 0 Å². The summed E-state index contributed by atoms with van der Waals surface area (Å²) in [5.41, 5.74) is 2.71. The van der Waals surface area contributed by atoms with Crippen LogP contribution in [-0.4, -0.2) is 23.1 Å². The first-order valence-corrected chi connectivity index (χ1v) is 9.34. The topological polar surface area (TPSA) is 23.5 Å². The van der Waals surface area contributed by atoms with Crippen LogP contribution in [0.2, 0.25) is 0 Å². The fraction of sp³-hybridized carbons (Fsp3) is 0.250. The van der Waals surface area contributed by atoms with Gasteiger partial charge in [0.2, 0.25) is 0 Å². The maximum Gasteiger partial charge on any atom is 0.140 e. The summed E-state index contributed by atoms with van der Waals surface area (Å²) in [6.07, 6.45) is 0. The van der Waals surface area contributed by atoms with Crippen LogP contribution in [0.3, 0.4) is 0 Å². The van der Waals surface area contributed by atoms with E-state index in [1.165, 1.54) is 0 Å². The smallest absolute Gasteiger partial charge is 0.140 e. The number of rotatable bonds is 7. The molecule has 3 rings (SSSR count). The minimum atomic E-state index is -1.17. The van der Waals surface area contributed by atoms with Crippen molar-refractivity contribution in [1.82, 2.24) is 4.90 Å². The molecule has 2 heteroatoms. The third-order valence-electron chi connectivity index (χ3n) is 5.08. The molecule has 0 spiro atoms. The van der Waals surface area contributed by atoms with Gasteiger partial charge in [0.15, 0.2) is 0 Å². The predicted molar refractivity (Wildman–Crippen MR) is 108 cm³/mol. The van der Waals surface area contributed by atoms with Gasteiger partial charge in [-0.05, 0) is 35.3 Å². The van der Waals surface area contributed by atoms with Crippen LogP contribution in [0.15, 0.2) is 84.9 Å². The Morgan fingerprint density at radius 2 is 1.15 bits per heavy atom. The molecule has 0 aliphatic carbocycles. The van der Waals surface area contributed by atoms with Gasteiger partial charge in [-0.25, -0.2) is 0 Å². The lowest BCUT2D eigenvalue weighted by Crippen LogP contribution is -2.32. The molecule has 0 aromatic heterocycles. The molecule has 134 valence electrons. The molecule has 0 saturated heterocycles. The summed E-state index contributed by atoms with van der Waals surface area (Å²) in [4.78, 5) is 2.37. The Kier molecular flexibility index (Phi) is 5.87. The minimum Gasteiger partial charge on any atom is -0.376 e. The van der Waals surface area contributed by atoms with Gasteiger partial charge in [0, 0.05) is 6.54 Å². The van der Waals surface area contributed by atoms with Crippen molar-refractivity contribution in [3.05, 3.63) is 107 Å². The third kappa shape index (κ3) is 3.57. The van der Waals surface area contributed by atoms with E-state index in [2.05, 4.69) is 36.9 Å². The summed E-state index contributed by atoms with van der Waals surface area (Å²) >= 11 is 0. The Bertz CT molecular complexity index is 770. The summed E-state index contributed by atoms with van der Waals surface area (Å²) in [7, 11) is 0. The van der Waals surface area contributed by atoms with Crippen molar-refractivity contribution >= 4 is 0 Å². The van der Waals surface area contributed by atoms with E-state index in [1.807, 2.05) is 66.7 Å². The molecule has 2 nitrogen and oxygen atoms in total. The largest absolute Gasteiger partial charge is 0.376 e. The van der Waals surface area contributed by atoms with Crippen LogP contribution in [-0.2, 0) is 12.1 Å². The lowest BCUT2D eigenvalue weighted by molar-refractivity contribution is 0.123. The number of benzene rings is 3. The fourth-order valence-electron chi connectivity index (χ4n) is 3.54. The van der Waals surface area contributed by atoms with Crippen LogP contribution in [0.4, 0.5) is 0 Å². The molecule has 0 unspecified atom stereocenters. The minimum absolute atomic E-state index is 0.825. The highest BCUT2D eigenvalue weighted by atomic mass is 16.3. The average Bonchev–Trinajstić information content (AvgIpc) is 2.73. The number of hydrogen-bond acceptors (Lipinski definition) is 2. The lowest BCUT2D eigenvalue weighted by atomic mass is 9.78. The molecular formula is C24H27NO. The highest BCUT2D eigenvalue weighted by Crippen LogP contribution is 2.38. The zero-order valence-electron chi connectivity index (χ0n) is 15.6. The van der Waals surface area contributed by atoms with Crippen LogP contribution in [0.1, 0.15) is 36.1 Å². The van der Waals surface area contributed by atoms with Crippen molar-refractivity contribution in [2.75, 3.05) is 13.1 Å². The van der Waals surface area contributed by atoms with E-state index in [0.29, 0.717) is 0 Å². The van der Waals surface area contributed by atoms with Crippen molar-refractivity contribution < 1.29 is 5.11 Å². The molecule has 0 heterocycles. The second-order valence-electron chi connectivity index (χ2n) is 6.56. The molecule has 0 aliphatic heterocycles. The van der Waals surface area contributed by atoms with Crippen molar-refractivity contribution in [2.24, 2.45) is 0 Å². The highest BCUT2D eigenvalue weighted by molar-refractivity contribution is 5.49. The molecular weight excluding hydrogens is 318 g/mol. The third-order valence-corrected chi connectivity index (χ3v) is 5.08. The van der Waals surface area contributed by atoms with Gasteiger partial charge < -0.3 is 5.11 Å². The molecule has 3 aromatic carbocycles. The van der Waals surface area contributed by atoms with Crippen LogP contribution in [0.5, 0.6) is 0 Å². The maximum atomic E-state index is 12.0. The molecule has 3 aromatic rings. The molecule has 0 atom stereocenters. The van der Waals surface area contributed by atoms with Crippen LogP contribution in [0, 0.1) is 0 Å². The van der Waals surface area contributed by atoms with Gasteiger partial charge in [0.05, 0.1) is 0 Å². The molecule has 0 fully saturated rings.